The van der Waals surface area contributed by atoms with Crippen LogP contribution in [0.3, 0.4) is 0 Å². The molecular formula is C16H26N2O3. The molecule has 118 valence electrons. The number of hydrogen-bond donors (Lipinski definition) is 2. The highest BCUT2D eigenvalue weighted by Gasteiger charge is 2.33. The Morgan fingerprint density at radius 2 is 2.05 bits per heavy atom. The van der Waals surface area contributed by atoms with E-state index in [-0.39, 0.29) is 23.8 Å². The maximum atomic E-state index is 12.1. The van der Waals surface area contributed by atoms with Crippen LogP contribution in [-0.2, 0) is 9.53 Å². The van der Waals surface area contributed by atoms with Crippen LogP contribution in [0.2, 0.25) is 0 Å². The molecule has 1 fully saturated rings. The molecule has 1 aliphatic rings. The SMILES string of the molecule is C#CC(C)NC(=O)[C@@H]1CCC[C@@H]1CNC(=O)OC(C)(C)C. The summed E-state index contributed by atoms with van der Waals surface area (Å²) < 4.78 is 5.20. The lowest BCUT2D eigenvalue weighted by Gasteiger charge is -2.23. The number of nitrogens with one attached hydrogen (secondary N) is 2. The number of alkyl carbamates (subject to hydrolysis) is 1. The summed E-state index contributed by atoms with van der Waals surface area (Å²) in [6.45, 7) is 7.69. The van der Waals surface area contributed by atoms with Crippen LogP contribution in [0.15, 0.2) is 0 Å². The van der Waals surface area contributed by atoms with Crippen LogP contribution in [0.1, 0.15) is 47.0 Å². The second kappa shape index (κ2) is 7.35. The van der Waals surface area contributed by atoms with Gasteiger partial charge in [0.25, 0.3) is 0 Å². The number of carbonyl (C=O) groups excluding carboxylic acids is 2. The van der Waals surface area contributed by atoms with Gasteiger partial charge < -0.3 is 15.4 Å². The number of hydrogen-bond acceptors (Lipinski definition) is 3. The van der Waals surface area contributed by atoms with Crippen molar-refractivity contribution in [3.63, 3.8) is 0 Å². The lowest BCUT2D eigenvalue weighted by molar-refractivity contribution is -0.126. The van der Waals surface area contributed by atoms with E-state index in [0.717, 1.165) is 19.3 Å². The molecule has 1 saturated carbocycles. The first-order chi connectivity index (χ1) is 9.73. The van der Waals surface area contributed by atoms with E-state index in [1.54, 1.807) is 6.92 Å². The van der Waals surface area contributed by atoms with E-state index in [4.69, 9.17) is 11.2 Å². The summed E-state index contributed by atoms with van der Waals surface area (Å²) in [5.41, 5.74) is -0.515. The van der Waals surface area contributed by atoms with Crippen LogP contribution in [0.25, 0.3) is 0 Å². The molecule has 1 rings (SSSR count). The molecule has 0 bridgehead atoms. The fourth-order valence-corrected chi connectivity index (χ4v) is 2.52. The molecule has 2 N–H and O–H groups in total. The van der Waals surface area contributed by atoms with Crippen LogP contribution < -0.4 is 10.6 Å². The minimum absolute atomic E-state index is 0.0195. The van der Waals surface area contributed by atoms with Gasteiger partial charge in [0, 0.05) is 12.5 Å². The minimum atomic E-state index is -0.515. The molecule has 2 amide bonds. The molecule has 21 heavy (non-hydrogen) atoms. The van der Waals surface area contributed by atoms with E-state index in [9.17, 15) is 9.59 Å². The van der Waals surface area contributed by atoms with Gasteiger partial charge in [-0.15, -0.1) is 6.42 Å². The van der Waals surface area contributed by atoms with E-state index < -0.39 is 11.7 Å². The summed E-state index contributed by atoms with van der Waals surface area (Å²) in [5, 5.41) is 5.56. The Morgan fingerprint density at radius 3 is 2.62 bits per heavy atom. The Kier molecular flexibility index (Phi) is 6.07. The first-order valence-electron chi connectivity index (χ1n) is 7.46. The highest BCUT2D eigenvalue weighted by atomic mass is 16.6. The van der Waals surface area contributed by atoms with Crippen molar-refractivity contribution in [2.24, 2.45) is 11.8 Å². The molecule has 5 nitrogen and oxygen atoms in total. The summed E-state index contributed by atoms with van der Waals surface area (Å²) in [6.07, 6.45) is 7.59. The Bertz CT molecular complexity index is 420. The van der Waals surface area contributed by atoms with Crippen LogP contribution >= 0.6 is 0 Å². The second-order valence-electron chi connectivity index (χ2n) is 6.58. The van der Waals surface area contributed by atoms with Crippen molar-refractivity contribution in [3.05, 3.63) is 0 Å². The van der Waals surface area contributed by atoms with Crippen molar-refractivity contribution in [1.82, 2.24) is 10.6 Å². The summed E-state index contributed by atoms with van der Waals surface area (Å²) in [7, 11) is 0. The van der Waals surface area contributed by atoms with Gasteiger partial charge in [-0.05, 0) is 46.5 Å². The van der Waals surface area contributed by atoms with Crippen molar-refractivity contribution in [1.29, 1.82) is 0 Å². The van der Waals surface area contributed by atoms with Gasteiger partial charge in [-0.25, -0.2) is 4.79 Å². The van der Waals surface area contributed by atoms with Crippen LogP contribution in [0.5, 0.6) is 0 Å². The van der Waals surface area contributed by atoms with Gasteiger partial charge in [0.15, 0.2) is 0 Å². The van der Waals surface area contributed by atoms with Gasteiger partial charge in [0.05, 0.1) is 6.04 Å². The Balaban J connectivity index is 2.45. The summed E-state index contributed by atoms with van der Waals surface area (Å²) in [5.74, 6) is 2.52. The van der Waals surface area contributed by atoms with E-state index in [1.165, 1.54) is 0 Å². The quantitative estimate of drug-likeness (QED) is 0.780. The standard InChI is InChI=1S/C16H26N2O3/c1-6-11(2)18-14(19)13-9-7-8-12(13)10-17-15(20)21-16(3,4)5/h1,11-13H,7-10H2,2-5H3,(H,17,20)(H,18,19)/t11?,12-,13-/m1/s1. The fraction of sp³-hybridized carbons (Fsp3) is 0.750. The molecule has 1 unspecified atom stereocenters. The van der Waals surface area contributed by atoms with E-state index in [2.05, 4.69) is 16.6 Å². The Labute approximate surface area is 127 Å². The fourth-order valence-electron chi connectivity index (χ4n) is 2.52. The molecule has 0 aromatic carbocycles. The highest BCUT2D eigenvalue weighted by molar-refractivity contribution is 5.80. The topological polar surface area (TPSA) is 67.4 Å². The molecule has 1 aliphatic carbocycles. The third-order valence-electron chi connectivity index (χ3n) is 3.51. The van der Waals surface area contributed by atoms with Gasteiger partial charge in [-0.1, -0.05) is 12.3 Å². The Morgan fingerprint density at radius 1 is 1.38 bits per heavy atom. The molecule has 0 radical (unpaired) electrons. The summed E-state index contributed by atoms with van der Waals surface area (Å²) in [4.78, 5) is 23.8. The van der Waals surface area contributed by atoms with Crippen LogP contribution in [-0.4, -0.2) is 30.2 Å². The third-order valence-corrected chi connectivity index (χ3v) is 3.51. The van der Waals surface area contributed by atoms with Crippen molar-refractivity contribution in [3.8, 4) is 12.3 Å². The smallest absolute Gasteiger partial charge is 0.407 e. The lowest BCUT2D eigenvalue weighted by atomic mass is 9.95. The summed E-state index contributed by atoms with van der Waals surface area (Å²) in [6, 6.07) is -0.266. The minimum Gasteiger partial charge on any atom is -0.444 e. The van der Waals surface area contributed by atoms with Gasteiger partial charge in [-0.2, -0.15) is 0 Å². The average Bonchev–Trinajstić information content (AvgIpc) is 2.82. The zero-order chi connectivity index (χ0) is 16.0. The number of amides is 2. The van der Waals surface area contributed by atoms with Crippen molar-refractivity contribution in [2.75, 3.05) is 6.54 Å². The zero-order valence-electron chi connectivity index (χ0n) is 13.4. The van der Waals surface area contributed by atoms with Crippen LogP contribution in [0.4, 0.5) is 4.79 Å². The monoisotopic (exact) mass is 294 g/mol. The first-order valence-corrected chi connectivity index (χ1v) is 7.46. The predicted octanol–water partition coefficient (Wildman–Crippen LogP) is 2.07. The maximum Gasteiger partial charge on any atom is 0.407 e. The number of rotatable bonds is 4. The van der Waals surface area contributed by atoms with Crippen molar-refractivity contribution >= 4 is 12.0 Å². The molecular weight excluding hydrogens is 268 g/mol. The number of terminal acetylenes is 1. The van der Waals surface area contributed by atoms with E-state index in [0.29, 0.717) is 6.54 Å². The molecule has 0 aromatic rings. The van der Waals surface area contributed by atoms with Crippen molar-refractivity contribution in [2.45, 2.75) is 58.6 Å². The largest absolute Gasteiger partial charge is 0.444 e. The molecule has 0 aliphatic heterocycles. The zero-order valence-corrected chi connectivity index (χ0v) is 13.4. The molecule has 3 atom stereocenters. The molecule has 5 heteroatoms. The third kappa shape index (κ3) is 6.07. The normalized spacial score (nSPS) is 23.0. The van der Waals surface area contributed by atoms with Gasteiger partial charge in [0.1, 0.15) is 5.60 Å². The molecule has 0 aromatic heterocycles. The second-order valence-corrected chi connectivity index (χ2v) is 6.58. The Hall–Kier alpha value is -1.70. The van der Waals surface area contributed by atoms with E-state index >= 15 is 0 Å². The number of ether oxygens (including phenoxy) is 1. The van der Waals surface area contributed by atoms with Gasteiger partial charge in [-0.3, -0.25) is 4.79 Å². The van der Waals surface area contributed by atoms with Gasteiger partial charge >= 0.3 is 6.09 Å². The van der Waals surface area contributed by atoms with Gasteiger partial charge in [0.2, 0.25) is 5.91 Å². The summed E-state index contributed by atoms with van der Waals surface area (Å²) >= 11 is 0. The first kappa shape index (κ1) is 17.4. The predicted molar refractivity (Wildman–Crippen MR) is 81.5 cm³/mol. The number of carbonyl (C=O) groups is 2. The van der Waals surface area contributed by atoms with Crippen molar-refractivity contribution < 1.29 is 14.3 Å². The van der Waals surface area contributed by atoms with E-state index in [1.807, 2.05) is 20.8 Å². The highest BCUT2D eigenvalue weighted by Crippen LogP contribution is 2.31. The lowest BCUT2D eigenvalue weighted by Crippen LogP contribution is -2.41. The maximum absolute atomic E-state index is 12.1. The molecule has 0 saturated heterocycles. The molecule has 0 spiro atoms. The average molecular weight is 294 g/mol. The van der Waals surface area contributed by atoms with Crippen LogP contribution in [0, 0.1) is 24.2 Å². The molecule has 0 heterocycles.